The summed E-state index contributed by atoms with van der Waals surface area (Å²) in [6.07, 6.45) is 0.915. The number of benzene rings is 1. The van der Waals surface area contributed by atoms with E-state index in [1.165, 1.54) is 11.3 Å². The minimum absolute atomic E-state index is 0.168. The van der Waals surface area contributed by atoms with Crippen molar-refractivity contribution in [1.29, 1.82) is 0 Å². The maximum atomic E-state index is 13.0. The van der Waals surface area contributed by atoms with E-state index in [1.54, 1.807) is 12.3 Å². The van der Waals surface area contributed by atoms with Crippen molar-refractivity contribution >= 4 is 33.2 Å². The summed E-state index contributed by atoms with van der Waals surface area (Å²) in [5.41, 5.74) is 1.60. The SMILES string of the molecule is CC(C)CN(Cc1nc2scc(-c3ccc(Cl)cc3)c2c(=O)[nH]1)CC(O)COCc1ccco1. The number of hydrogen-bond donors (Lipinski definition) is 2. The number of aliphatic hydroxyl groups is 1. The number of aromatic amines is 1. The van der Waals surface area contributed by atoms with Gasteiger partial charge >= 0.3 is 0 Å². The van der Waals surface area contributed by atoms with Crippen LogP contribution in [-0.2, 0) is 17.9 Å². The largest absolute Gasteiger partial charge is 0.467 e. The van der Waals surface area contributed by atoms with Gasteiger partial charge in [0.1, 0.15) is 23.0 Å². The van der Waals surface area contributed by atoms with E-state index in [9.17, 15) is 9.90 Å². The Kier molecular flexibility index (Phi) is 8.18. The zero-order valence-corrected chi connectivity index (χ0v) is 20.7. The number of thiophene rings is 1. The highest BCUT2D eigenvalue weighted by Gasteiger charge is 2.18. The summed E-state index contributed by atoms with van der Waals surface area (Å²) in [4.78, 5) is 23.4. The average molecular weight is 502 g/mol. The second-order valence-electron chi connectivity index (χ2n) is 8.69. The van der Waals surface area contributed by atoms with E-state index in [-0.39, 0.29) is 12.2 Å². The molecule has 0 saturated carbocycles. The van der Waals surface area contributed by atoms with Gasteiger partial charge in [-0.25, -0.2) is 4.98 Å². The van der Waals surface area contributed by atoms with Gasteiger partial charge in [0.2, 0.25) is 0 Å². The lowest BCUT2D eigenvalue weighted by molar-refractivity contribution is 0.00187. The zero-order valence-electron chi connectivity index (χ0n) is 19.2. The summed E-state index contributed by atoms with van der Waals surface area (Å²) in [5.74, 6) is 1.67. The predicted octanol–water partition coefficient (Wildman–Crippen LogP) is 4.93. The fourth-order valence-electron chi connectivity index (χ4n) is 3.88. The molecule has 0 radical (unpaired) electrons. The van der Waals surface area contributed by atoms with Crippen molar-refractivity contribution in [3.63, 3.8) is 0 Å². The second-order valence-corrected chi connectivity index (χ2v) is 9.98. The molecule has 0 aliphatic heterocycles. The summed E-state index contributed by atoms with van der Waals surface area (Å²) in [7, 11) is 0. The Morgan fingerprint density at radius 1 is 1.24 bits per heavy atom. The third kappa shape index (κ3) is 6.34. The summed E-state index contributed by atoms with van der Waals surface area (Å²) in [6, 6.07) is 11.1. The third-order valence-corrected chi connectivity index (χ3v) is 6.37. The number of fused-ring (bicyclic) bond motifs is 1. The van der Waals surface area contributed by atoms with Gasteiger partial charge in [0, 0.05) is 29.1 Å². The van der Waals surface area contributed by atoms with Crippen LogP contribution in [0.15, 0.2) is 57.3 Å². The minimum atomic E-state index is -0.678. The van der Waals surface area contributed by atoms with Crippen LogP contribution in [-0.4, -0.2) is 45.8 Å². The molecular formula is C25H28ClN3O4S. The molecule has 1 aromatic carbocycles. The molecule has 0 fully saturated rings. The average Bonchev–Trinajstić information content (AvgIpc) is 3.44. The van der Waals surface area contributed by atoms with Crippen LogP contribution in [0, 0.1) is 5.92 Å². The lowest BCUT2D eigenvalue weighted by atomic mass is 10.1. The molecule has 3 aromatic heterocycles. The van der Waals surface area contributed by atoms with Crippen LogP contribution in [0.4, 0.5) is 0 Å². The number of rotatable bonds is 11. The van der Waals surface area contributed by atoms with Crippen molar-refractivity contribution in [2.45, 2.75) is 33.1 Å². The van der Waals surface area contributed by atoms with Crippen LogP contribution in [0.5, 0.6) is 0 Å². The lowest BCUT2D eigenvalue weighted by Gasteiger charge is -2.26. The van der Waals surface area contributed by atoms with Gasteiger partial charge in [0.15, 0.2) is 0 Å². The van der Waals surface area contributed by atoms with Crippen molar-refractivity contribution in [1.82, 2.24) is 14.9 Å². The summed E-state index contributed by atoms with van der Waals surface area (Å²) < 4.78 is 10.8. The third-order valence-electron chi connectivity index (χ3n) is 5.25. The normalized spacial score (nSPS) is 12.8. The van der Waals surface area contributed by atoms with E-state index in [2.05, 4.69) is 23.7 Å². The summed E-state index contributed by atoms with van der Waals surface area (Å²) in [6.45, 7) is 6.30. The quantitative estimate of drug-likeness (QED) is 0.302. The number of H-pyrrole nitrogens is 1. The van der Waals surface area contributed by atoms with Crippen LogP contribution < -0.4 is 5.56 Å². The van der Waals surface area contributed by atoms with Gasteiger partial charge < -0.3 is 19.2 Å². The molecule has 2 N–H and O–H groups in total. The number of ether oxygens (including phenoxy) is 1. The van der Waals surface area contributed by atoms with Crippen LogP contribution in [0.2, 0.25) is 5.02 Å². The first-order chi connectivity index (χ1) is 16.4. The number of nitrogens with one attached hydrogen (secondary N) is 1. The van der Waals surface area contributed by atoms with Crippen molar-refractivity contribution in [3.8, 4) is 11.1 Å². The Morgan fingerprint density at radius 3 is 2.74 bits per heavy atom. The highest BCUT2D eigenvalue weighted by atomic mass is 35.5. The molecule has 0 aliphatic carbocycles. The first-order valence-corrected chi connectivity index (χ1v) is 12.4. The number of hydrogen-bond acceptors (Lipinski definition) is 7. The highest BCUT2D eigenvalue weighted by molar-refractivity contribution is 7.17. The Bertz CT molecular complexity index is 1250. The van der Waals surface area contributed by atoms with E-state index in [0.717, 1.165) is 23.4 Å². The van der Waals surface area contributed by atoms with Crippen LogP contribution in [0.1, 0.15) is 25.4 Å². The number of nitrogens with zero attached hydrogens (tertiary/aromatic N) is 2. The van der Waals surface area contributed by atoms with Crippen molar-refractivity contribution in [2.75, 3.05) is 19.7 Å². The van der Waals surface area contributed by atoms with Gasteiger partial charge in [-0.15, -0.1) is 11.3 Å². The first kappa shape index (κ1) is 24.6. The second kappa shape index (κ2) is 11.3. The monoisotopic (exact) mass is 501 g/mol. The van der Waals surface area contributed by atoms with E-state index in [4.69, 9.17) is 25.7 Å². The topological polar surface area (TPSA) is 91.6 Å². The number of aliphatic hydroxyl groups excluding tert-OH is 1. The van der Waals surface area contributed by atoms with E-state index < -0.39 is 6.10 Å². The molecule has 0 bridgehead atoms. The number of aromatic nitrogens is 2. The van der Waals surface area contributed by atoms with E-state index >= 15 is 0 Å². The van der Waals surface area contributed by atoms with Crippen molar-refractivity contribution in [2.24, 2.45) is 5.92 Å². The number of halogens is 1. The smallest absolute Gasteiger partial charge is 0.260 e. The molecule has 3 heterocycles. The molecule has 7 nitrogen and oxygen atoms in total. The molecule has 0 aliphatic rings. The fraction of sp³-hybridized carbons (Fsp3) is 0.360. The molecule has 4 aromatic rings. The van der Waals surface area contributed by atoms with Crippen molar-refractivity contribution < 1.29 is 14.3 Å². The van der Waals surface area contributed by atoms with Crippen molar-refractivity contribution in [3.05, 3.63) is 75.0 Å². The first-order valence-electron chi connectivity index (χ1n) is 11.2. The van der Waals surface area contributed by atoms with E-state index in [1.807, 2.05) is 35.7 Å². The van der Waals surface area contributed by atoms with E-state index in [0.29, 0.717) is 46.7 Å². The standard InChI is InChI=1S/C25H28ClN3O4S/c1-16(2)10-29(11-19(30)13-32-14-20-4-3-9-33-20)12-22-27-24(31)23-21(15-34-25(23)28-22)17-5-7-18(26)8-6-17/h3-9,15-16,19,30H,10-14H2,1-2H3,(H,27,28,31). The molecule has 1 unspecified atom stereocenters. The van der Waals surface area contributed by atoms with Gasteiger partial charge in [-0.2, -0.15) is 0 Å². The maximum Gasteiger partial charge on any atom is 0.260 e. The lowest BCUT2D eigenvalue weighted by Crippen LogP contribution is -2.37. The maximum absolute atomic E-state index is 13.0. The van der Waals surface area contributed by atoms with Crippen LogP contribution in [0.3, 0.4) is 0 Å². The molecular weight excluding hydrogens is 474 g/mol. The Morgan fingerprint density at radius 2 is 2.03 bits per heavy atom. The van der Waals surface area contributed by atoms with Gasteiger partial charge in [0.05, 0.1) is 30.9 Å². The predicted molar refractivity (Wildman–Crippen MR) is 135 cm³/mol. The summed E-state index contributed by atoms with van der Waals surface area (Å²) in [5, 5.41) is 13.7. The van der Waals surface area contributed by atoms with Gasteiger partial charge in [-0.1, -0.05) is 37.6 Å². The van der Waals surface area contributed by atoms with Crippen LogP contribution >= 0.6 is 22.9 Å². The molecule has 34 heavy (non-hydrogen) atoms. The van der Waals surface area contributed by atoms with Gasteiger partial charge in [0.25, 0.3) is 5.56 Å². The fourth-order valence-corrected chi connectivity index (χ4v) is 4.98. The Hall–Kier alpha value is -2.49. The highest BCUT2D eigenvalue weighted by Crippen LogP contribution is 2.31. The molecule has 1 atom stereocenters. The molecule has 180 valence electrons. The molecule has 4 rings (SSSR count). The minimum Gasteiger partial charge on any atom is -0.467 e. The molecule has 0 saturated heterocycles. The molecule has 9 heteroatoms. The molecule has 0 spiro atoms. The Labute approximate surface area is 207 Å². The zero-order chi connectivity index (χ0) is 24.1. The number of furan rings is 1. The molecule has 0 amide bonds. The summed E-state index contributed by atoms with van der Waals surface area (Å²) >= 11 is 7.45. The van der Waals surface area contributed by atoms with Crippen LogP contribution in [0.25, 0.3) is 21.3 Å². The Balaban J connectivity index is 1.46. The van der Waals surface area contributed by atoms with Gasteiger partial charge in [-0.05, 0) is 35.7 Å². The van der Waals surface area contributed by atoms with Gasteiger partial charge in [-0.3, -0.25) is 9.69 Å².